The number of ether oxygens (including phenoxy) is 1. The van der Waals surface area contributed by atoms with Crippen molar-refractivity contribution in [2.75, 3.05) is 9.80 Å². The maximum atomic E-state index is 7.18. The summed E-state index contributed by atoms with van der Waals surface area (Å²) in [6.07, 6.45) is 13.8. The highest BCUT2D eigenvalue weighted by Crippen LogP contribution is 2.56. The van der Waals surface area contributed by atoms with E-state index >= 15 is 0 Å². The fraction of sp³-hybridized carbons (Fsp3) is 0.238. The molecule has 2 atom stereocenters. The molecule has 0 saturated heterocycles. The molecular formula is C63H58N2O2. The molecule has 0 N–H and O–H groups in total. The quantitative estimate of drug-likeness (QED) is 0.166. The number of furan rings is 1. The van der Waals surface area contributed by atoms with Crippen molar-refractivity contribution in [1.29, 1.82) is 0 Å². The van der Waals surface area contributed by atoms with Gasteiger partial charge in [0.2, 0.25) is 0 Å². The number of fused-ring (bicyclic) bond motifs is 6. The van der Waals surface area contributed by atoms with Crippen molar-refractivity contribution >= 4 is 67.2 Å². The maximum Gasteiger partial charge on any atom is 0.159 e. The summed E-state index contributed by atoms with van der Waals surface area (Å²) in [7, 11) is 0. The van der Waals surface area contributed by atoms with E-state index in [1.165, 1.54) is 61.0 Å². The molecule has 0 bridgehead atoms. The Morgan fingerprint density at radius 3 is 1.99 bits per heavy atom. The third-order valence-electron chi connectivity index (χ3n) is 15.0. The normalized spacial score (nSPS) is 18.3. The summed E-state index contributed by atoms with van der Waals surface area (Å²) in [5.41, 5.74) is 18.2. The molecular weight excluding hydrogens is 817 g/mol. The largest absolute Gasteiger partial charge is 0.458 e. The zero-order valence-corrected chi connectivity index (χ0v) is 40.2. The minimum Gasteiger partial charge on any atom is -0.458 e. The summed E-state index contributed by atoms with van der Waals surface area (Å²) in [5.74, 6) is 2.19. The van der Waals surface area contributed by atoms with Gasteiger partial charge in [-0.25, -0.2) is 0 Å². The number of aryl methyl sites for hydroxylation is 2. The molecule has 7 aromatic carbocycles. The predicted octanol–water partition coefficient (Wildman–Crippen LogP) is 17.3. The Balaban J connectivity index is 1.09. The molecule has 0 amide bonds. The van der Waals surface area contributed by atoms with E-state index in [1.807, 2.05) is 0 Å². The van der Waals surface area contributed by atoms with Gasteiger partial charge < -0.3 is 19.0 Å². The maximum absolute atomic E-state index is 7.18. The van der Waals surface area contributed by atoms with Crippen LogP contribution in [-0.2, 0) is 16.2 Å². The molecule has 1 aliphatic heterocycles. The summed E-state index contributed by atoms with van der Waals surface area (Å²) in [4.78, 5) is 4.97. The van der Waals surface area contributed by atoms with Gasteiger partial charge in [-0.1, -0.05) is 176 Å². The fourth-order valence-electron chi connectivity index (χ4n) is 11.6. The summed E-state index contributed by atoms with van der Waals surface area (Å²) < 4.78 is 14.3. The second kappa shape index (κ2) is 14.7. The van der Waals surface area contributed by atoms with Crippen molar-refractivity contribution in [3.05, 3.63) is 208 Å². The van der Waals surface area contributed by atoms with Crippen molar-refractivity contribution in [2.45, 2.75) is 97.3 Å². The standard InChI is InChI=1S/C63H58N2O2/c1-38-18-10-12-26-49(38)64(53-28-16-22-43-41-20-14-24-47(61(3,4)5)57(41)66-59(43)53)51-33-31-40-30-32-46-52(35-37-63(9)36-34-45(51)55(40)56(46)63)65(50-27-13-11-19-39(50)2)54-29-17-23-44-42-21-15-25-48(62(6,7)8)58(42)67-60(44)54/h10-21,23-36,43H,22,37H2,1-9H3. The molecule has 0 radical (unpaired) electrons. The van der Waals surface area contributed by atoms with Crippen LogP contribution in [0.25, 0.3) is 44.5 Å². The molecule has 4 nitrogen and oxygen atoms in total. The monoisotopic (exact) mass is 874 g/mol. The summed E-state index contributed by atoms with van der Waals surface area (Å²) in [6.45, 7) is 20.5. The highest BCUT2D eigenvalue weighted by atomic mass is 16.5. The van der Waals surface area contributed by atoms with Gasteiger partial charge in [0.1, 0.15) is 17.1 Å². The van der Waals surface area contributed by atoms with E-state index in [4.69, 9.17) is 9.15 Å². The van der Waals surface area contributed by atoms with Crippen LogP contribution in [0.15, 0.2) is 168 Å². The van der Waals surface area contributed by atoms with E-state index < -0.39 is 0 Å². The number of hydrogen-bond donors (Lipinski definition) is 0. The van der Waals surface area contributed by atoms with Gasteiger partial charge in [-0.15, -0.1) is 0 Å². The highest BCUT2D eigenvalue weighted by Gasteiger charge is 2.41. The van der Waals surface area contributed by atoms with Gasteiger partial charge >= 0.3 is 0 Å². The van der Waals surface area contributed by atoms with Crippen LogP contribution in [0.1, 0.15) is 112 Å². The van der Waals surface area contributed by atoms with Crippen molar-refractivity contribution in [1.82, 2.24) is 0 Å². The lowest BCUT2D eigenvalue weighted by molar-refractivity contribution is 0.405. The van der Waals surface area contributed by atoms with Crippen molar-refractivity contribution in [3.8, 4) is 5.75 Å². The van der Waals surface area contributed by atoms with E-state index in [2.05, 4.69) is 230 Å². The third-order valence-corrected chi connectivity index (χ3v) is 15.0. The Hall–Kier alpha value is -7.04. The van der Waals surface area contributed by atoms with Gasteiger partial charge in [0.05, 0.1) is 23.0 Å². The average Bonchev–Trinajstić information content (AvgIpc) is 3.89. The first kappa shape index (κ1) is 41.4. The van der Waals surface area contributed by atoms with Crippen LogP contribution < -0.4 is 14.5 Å². The van der Waals surface area contributed by atoms with E-state index in [0.717, 1.165) is 74.7 Å². The van der Waals surface area contributed by atoms with E-state index in [9.17, 15) is 0 Å². The predicted molar refractivity (Wildman–Crippen MR) is 281 cm³/mol. The number of anilines is 4. The van der Waals surface area contributed by atoms with Crippen LogP contribution in [0.2, 0.25) is 0 Å². The lowest BCUT2D eigenvalue weighted by Gasteiger charge is -2.41. The molecule has 2 unspecified atom stereocenters. The first-order valence-corrected chi connectivity index (χ1v) is 24.1. The van der Waals surface area contributed by atoms with Crippen molar-refractivity contribution < 1.29 is 9.15 Å². The molecule has 0 fully saturated rings. The zero-order valence-electron chi connectivity index (χ0n) is 40.2. The van der Waals surface area contributed by atoms with E-state index in [0.29, 0.717) is 0 Å². The van der Waals surface area contributed by atoms with Crippen LogP contribution in [0, 0.1) is 13.8 Å². The number of hydrogen-bond acceptors (Lipinski definition) is 4. The second-order valence-electron chi connectivity index (χ2n) is 21.6. The molecule has 8 aromatic rings. The minimum atomic E-state index is -0.223. The molecule has 2 heterocycles. The summed E-state index contributed by atoms with van der Waals surface area (Å²) >= 11 is 0. The lowest BCUT2D eigenvalue weighted by Crippen LogP contribution is -2.30. The molecule has 4 aliphatic rings. The van der Waals surface area contributed by atoms with Crippen LogP contribution in [0.4, 0.5) is 22.7 Å². The molecule has 332 valence electrons. The summed E-state index contributed by atoms with van der Waals surface area (Å²) in [5, 5.41) is 4.82. The van der Waals surface area contributed by atoms with Gasteiger partial charge in [-0.2, -0.15) is 0 Å². The van der Waals surface area contributed by atoms with Crippen LogP contribution >= 0.6 is 0 Å². The molecule has 0 saturated carbocycles. The number of allylic oxidation sites excluding steroid dienone is 5. The third kappa shape index (κ3) is 6.25. The van der Waals surface area contributed by atoms with Crippen LogP contribution in [0.3, 0.4) is 0 Å². The number of benzene rings is 7. The second-order valence-corrected chi connectivity index (χ2v) is 21.6. The molecule has 4 heteroatoms. The van der Waals surface area contributed by atoms with E-state index in [1.54, 1.807) is 0 Å². The van der Waals surface area contributed by atoms with E-state index in [-0.39, 0.29) is 22.2 Å². The number of para-hydroxylation sites is 5. The lowest BCUT2D eigenvalue weighted by atomic mass is 9.67. The van der Waals surface area contributed by atoms with Crippen LogP contribution in [-0.4, -0.2) is 0 Å². The first-order valence-electron chi connectivity index (χ1n) is 24.1. The highest BCUT2D eigenvalue weighted by molar-refractivity contribution is 6.13. The van der Waals surface area contributed by atoms with Gasteiger partial charge in [0, 0.05) is 61.1 Å². The Labute approximate surface area is 395 Å². The van der Waals surface area contributed by atoms with Gasteiger partial charge in [-0.3, -0.25) is 0 Å². The molecule has 3 aliphatic carbocycles. The fourth-order valence-corrected chi connectivity index (χ4v) is 11.6. The van der Waals surface area contributed by atoms with Crippen LogP contribution in [0.5, 0.6) is 5.75 Å². The average molecular weight is 875 g/mol. The minimum absolute atomic E-state index is 0.0573. The Morgan fingerprint density at radius 2 is 1.25 bits per heavy atom. The number of nitrogens with zero attached hydrogens (tertiary/aromatic N) is 2. The van der Waals surface area contributed by atoms with Crippen molar-refractivity contribution in [2.24, 2.45) is 0 Å². The Morgan fingerprint density at radius 1 is 0.612 bits per heavy atom. The van der Waals surface area contributed by atoms with Gasteiger partial charge in [0.25, 0.3) is 0 Å². The smallest absolute Gasteiger partial charge is 0.159 e. The Kier molecular flexibility index (Phi) is 9.10. The zero-order chi connectivity index (χ0) is 46.1. The Bertz CT molecular complexity index is 3520. The van der Waals surface area contributed by atoms with Gasteiger partial charge in [-0.05, 0) is 95.3 Å². The molecule has 67 heavy (non-hydrogen) atoms. The molecule has 0 spiro atoms. The molecule has 1 aromatic heterocycles. The first-order chi connectivity index (χ1) is 32.2. The van der Waals surface area contributed by atoms with Gasteiger partial charge in [0.15, 0.2) is 5.58 Å². The summed E-state index contributed by atoms with van der Waals surface area (Å²) in [6, 6.07) is 47.0. The van der Waals surface area contributed by atoms with Crippen molar-refractivity contribution in [3.63, 3.8) is 0 Å². The topological polar surface area (TPSA) is 28.9 Å². The molecule has 12 rings (SSSR count). The SMILES string of the molecule is Cc1ccccc1N(C1=C2Oc3c(cccc3C(C)(C)C)C2CC=C1)c1ccc2ccc3c4c2c1C=CC4(C)CC=C3N(c1ccccc1C)c1cccc2c1oc1c(C(C)(C)C)cccc12. The number of rotatable bonds is 6.